The highest BCUT2D eigenvalue weighted by atomic mass is 19.4. The Bertz CT molecular complexity index is 680. The number of imidazole rings is 1. The molecular weight excluding hydrogens is 321 g/mol. The molecule has 7 heteroatoms. The van der Waals surface area contributed by atoms with Crippen LogP contribution in [0.2, 0.25) is 0 Å². The molecule has 2 aromatic rings. The van der Waals surface area contributed by atoms with Crippen LogP contribution in [0, 0.1) is 0 Å². The van der Waals surface area contributed by atoms with Crippen LogP contribution in [0.5, 0.6) is 5.75 Å². The number of ether oxygens (including phenoxy) is 1. The zero-order valence-corrected chi connectivity index (χ0v) is 13.1. The Hall–Kier alpha value is -2.02. The average Bonchev–Trinajstić information content (AvgIpc) is 2.96. The molecule has 1 N–H and O–H groups in total. The second kappa shape index (κ2) is 6.84. The van der Waals surface area contributed by atoms with Crippen molar-refractivity contribution in [3.05, 3.63) is 36.2 Å². The number of alkyl halides is 3. The summed E-state index contributed by atoms with van der Waals surface area (Å²) in [6.45, 7) is 0.560. The van der Waals surface area contributed by atoms with E-state index in [1.54, 1.807) is 12.1 Å². The average molecular weight is 340 g/mol. The van der Waals surface area contributed by atoms with E-state index in [1.807, 2.05) is 18.3 Å². The minimum atomic E-state index is -4.40. The summed E-state index contributed by atoms with van der Waals surface area (Å²) in [6, 6.07) is 7.02. The van der Waals surface area contributed by atoms with Gasteiger partial charge in [0.1, 0.15) is 18.2 Å². The van der Waals surface area contributed by atoms with Gasteiger partial charge in [0.2, 0.25) is 0 Å². The SMILES string of the molecule is O[C@H](COc1ccc(-c2ncc3n2CCCC3)cc1)CC(F)(F)F. The first-order chi connectivity index (χ1) is 11.4. The molecule has 0 saturated heterocycles. The summed E-state index contributed by atoms with van der Waals surface area (Å²) in [5, 5.41) is 9.33. The van der Waals surface area contributed by atoms with Gasteiger partial charge in [-0.1, -0.05) is 0 Å². The van der Waals surface area contributed by atoms with Crippen LogP contribution in [0.25, 0.3) is 11.4 Å². The van der Waals surface area contributed by atoms with Crippen molar-refractivity contribution >= 4 is 0 Å². The van der Waals surface area contributed by atoms with Crippen LogP contribution >= 0.6 is 0 Å². The lowest BCUT2D eigenvalue weighted by molar-refractivity contribution is -0.156. The van der Waals surface area contributed by atoms with Crippen LogP contribution in [0.15, 0.2) is 30.5 Å². The second-order valence-electron chi connectivity index (χ2n) is 5.99. The van der Waals surface area contributed by atoms with Crippen molar-refractivity contribution < 1.29 is 23.0 Å². The van der Waals surface area contributed by atoms with E-state index in [-0.39, 0.29) is 0 Å². The van der Waals surface area contributed by atoms with Gasteiger partial charge in [0, 0.05) is 24.0 Å². The minimum Gasteiger partial charge on any atom is -0.491 e. The third-order valence-corrected chi connectivity index (χ3v) is 4.02. The van der Waals surface area contributed by atoms with E-state index in [9.17, 15) is 18.3 Å². The first kappa shape index (κ1) is 16.8. The summed E-state index contributed by atoms with van der Waals surface area (Å²) in [5.41, 5.74) is 2.16. The molecule has 0 bridgehead atoms. The number of aliphatic hydroxyl groups is 1. The Morgan fingerprint density at radius 2 is 1.96 bits per heavy atom. The summed E-state index contributed by atoms with van der Waals surface area (Å²) in [7, 11) is 0. The summed E-state index contributed by atoms with van der Waals surface area (Å²) < 4.78 is 43.9. The Morgan fingerprint density at radius 1 is 1.21 bits per heavy atom. The molecule has 1 aromatic heterocycles. The molecular formula is C17H19F3N2O2. The molecule has 130 valence electrons. The van der Waals surface area contributed by atoms with Gasteiger partial charge in [0.05, 0.1) is 12.5 Å². The summed E-state index contributed by atoms with van der Waals surface area (Å²) in [4.78, 5) is 4.47. The fraction of sp³-hybridized carbons (Fsp3) is 0.471. The van der Waals surface area contributed by atoms with Gasteiger partial charge < -0.3 is 14.4 Å². The quantitative estimate of drug-likeness (QED) is 0.905. The van der Waals surface area contributed by atoms with E-state index >= 15 is 0 Å². The van der Waals surface area contributed by atoms with Gasteiger partial charge >= 0.3 is 6.18 Å². The van der Waals surface area contributed by atoms with Crippen LogP contribution in [0.3, 0.4) is 0 Å². The molecule has 2 heterocycles. The van der Waals surface area contributed by atoms with Gasteiger partial charge in [0.25, 0.3) is 0 Å². The van der Waals surface area contributed by atoms with E-state index in [0.717, 1.165) is 30.8 Å². The van der Waals surface area contributed by atoms with Crippen LogP contribution in [-0.2, 0) is 13.0 Å². The summed E-state index contributed by atoms with van der Waals surface area (Å²) >= 11 is 0. The predicted molar refractivity (Wildman–Crippen MR) is 82.8 cm³/mol. The van der Waals surface area contributed by atoms with Gasteiger partial charge in [-0.2, -0.15) is 13.2 Å². The summed E-state index contributed by atoms with van der Waals surface area (Å²) in [5.74, 6) is 1.32. The predicted octanol–water partition coefficient (Wildman–Crippen LogP) is 3.58. The van der Waals surface area contributed by atoms with Crippen LogP contribution < -0.4 is 4.74 Å². The number of aromatic nitrogens is 2. The standard InChI is InChI=1S/C17H19F3N2O2/c18-17(19,20)9-14(23)11-24-15-6-4-12(5-7-15)16-21-10-13-3-1-2-8-22(13)16/h4-7,10,14,23H,1-3,8-9,11H2/t14-/m0/s1. The maximum absolute atomic E-state index is 12.2. The van der Waals surface area contributed by atoms with E-state index in [2.05, 4.69) is 9.55 Å². The Morgan fingerprint density at radius 3 is 2.67 bits per heavy atom. The fourth-order valence-electron chi connectivity index (χ4n) is 2.89. The highest BCUT2D eigenvalue weighted by molar-refractivity contribution is 5.57. The number of fused-ring (bicyclic) bond motifs is 1. The molecule has 1 aromatic carbocycles. The molecule has 0 saturated carbocycles. The number of rotatable bonds is 5. The molecule has 24 heavy (non-hydrogen) atoms. The molecule has 3 rings (SSSR count). The normalized spacial score (nSPS) is 15.8. The Balaban J connectivity index is 1.63. The number of hydrogen-bond donors (Lipinski definition) is 1. The smallest absolute Gasteiger partial charge is 0.391 e. The van der Waals surface area contributed by atoms with Crippen molar-refractivity contribution in [2.75, 3.05) is 6.61 Å². The zero-order chi connectivity index (χ0) is 17.2. The molecule has 0 spiro atoms. The van der Waals surface area contributed by atoms with E-state index in [0.29, 0.717) is 5.75 Å². The van der Waals surface area contributed by atoms with Crippen LogP contribution in [0.4, 0.5) is 13.2 Å². The lowest BCUT2D eigenvalue weighted by Gasteiger charge is -2.17. The van der Waals surface area contributed by atoms with Crippen molar-refractivity contribution in [2.45, 2.75) is 44.5 Å². The number of hydrogen-bond acceptors (Lipinski definition) is 3. The molecule has 0 radical (unpaired) electrons. The van der Waals surface area contributed by atoms with Crippen LogP contribution in [-0.4, -0.2) is 33.5 Å². The van der Waals surface area contributed by atoms with Crippen molar-refractivity contribution in [3.63, 3.8) is 0 Å². The zero-order valence-electron chi connectivity index (χ0n) is 13.1. The minimum absolute atomic E-state index is 0.391. The molecule has 4 nitrogen and oxygen atoms in total. The molecule has 0 aliphatic carbocycles. The Kier molecular flexibility index (Phi) is 4.80. The fourth-order valence-corrected chi connectivity index (χ4v) is 2.89. The highest BCUT2D eigenvalue weighted by Gasteiger charge is 2.31. The lowest BCUT2D eigenvalue weighted by Crippen LogP contribution is -2.25. The number of halogens is 3. The maximum atomic E-state index is 12.2. The monoisotopic (exact) mass is 340 g/mol. The van der Waals surface area contributed by atoms with Crippen molar-refractivity contribution in [1.82, 2.24) is 9.55 Å². The number of aliphatic hydroxyl groups excluding tert-OH is 1. The van der Waals surface area contributed by atoms with Crippen LogP contribution in [0.1, 0.15) is 25.0 Å². The molecule has 0 fully saturated rings. The first-order valence-corrected chi connectivity index (χ1v) is 7.95. The molecule has 1 aliphatic heterocycles. The van der Waals surface area contributed by atoms with Gasteiger partial charge in [0.15, 0.2) is 0 Å². The summed E-state index contributed by atoms with van der Waals surface area (Å²) in [6.07, 6.45) is -1.99. The lowest BCUT2D eigenvalue weighted by atomic mass is 10.1. The third-order valence-electron chi connectivity index (χ3n) is 4.02. The third kappa shape index (κ3) is 4.08. The maximum Gasteiger partial charge on any atom is 0.391 e. The van der Waals surface area contributed by atoms with Gasteiger partial charge in [-0.25, -0.2) is 4.98 Å². The molecule has 1 atom stereocenters. The highest BCUT2D eigenvalue weighted by Crippen LogP contribution is 2.26. The van der Waals surface area contributed by atoms with Gasteiger partial charge in [-0.3, -0.25) is 0 Å². The van der Waals surface area contributed by atoms with Crippen molar-refractivity contribution in [3.8, 4) is 17.1 Å². The number of aryl methyl sites for hydroxylation is 1. The van der Waals surface area contributed by atoms with Crippen molar-refractivity contribution in [2.24, 2.45) is 0 Å². The molecule has 0 unspecified atom stereocenters. The number of benzene rings is 1. The molecule has 0 amide bonds. The first-order valence-electron chi connectivity index (χ1n) is 7.95. The van der Waals surface area contributed by atoms with Gasteiger partial charge in [-0.05, 0) is 43.5 Å². The van der Waals surface area contributed by atoms with Gasteiger partial charge in [-0.15, -0.1) is 0 Å². The van der Waals surface area contributed by atoms with E-state index in [1.165, 1.54) is 12.1 Å². The van der Waals surface area contributed by atoms with E-state index < -0.39 is 25.3 Å². The van der Waals surface area contributed by atoms with E-state index in [4.69, 9.17) is 4.74 Å². The topological polar surface area (TPSA) is 47.3 Å². The molecule has 1 aliphatic rings. The van der Waals surface area contributed by atoms with Crippen molar-refractivity contribution in [1.29, 1.82) is 0 Å². The largest absolute Gasteiger partial charge is 0.491 e. The second-order valence-corrected chi connectivity index (χ2v) is 5.99. The number of nitrogens with zero attached hydrogens (tertiary/aromatic N) is 2. The Labute approximate surface area is 137 Å².